The van der Waals surface area contributed by atoms with Gasteiger partial charge in [0, 0.05) is 29.0 Å². The molecule has 0 radical (unpaired) electrons. The molecule has 9 heteroatoms. The van der Waals surface area contributed by atoms with Gasteiger partial charge in [-0.15, -0.1) is 0 Å². The van der Waals surface area contributed by atoms with Crippen molar-refractivity contribution in [1.82, 2.24) is 24.9 Å². The van der Waals surface area contributed by atoms with E-state index in [2.05, 4.69) is 31.4 Å². The lowest BCUT2D eigenvalue weighted by atomic mass is 10.2. The van der Waals surface area contributed by atoms with Gasteiger partial charge in [-0.3, -0.25) is 4.79 Å². The van der Waals surface area contributed by atoms with Gasteiger partial charge >= 0.3 is 0 Å². The fourth-order valence-electron chi connectivity index (χ4n) is 3.29. The highest BCUT2D eigenvalue weighted by molar-refractivity contribution is 9.10. The average molecular weight is 515 g/mol. The maximum atomic E-state index is 12.6. The van der Waals surface area contributed by atoms with Crippen molar-refractivity contribution < 1.29 is 9.53 Å². The van der Waals surface area contributed by atoms with Crippen LogP contribution in [-0.2, 0) is 13.3 Å². The molecule has 0 spiro atoms. The van der Waals surface area contributed by atoms with Crippen LogP contribution in [0.3, 0.4) is 0 Å². The number of aryl methyl sites for hydroxylation is 1. The molecule has 4 rings (SSSR count). The minimum Gasteiger partial charge on any atom is -0.470 e. The number of nitrogens with zero attached hydrogens (tertiary/aromatic N) is 4. The summed E-state index contributed by atoms with van der Waals surface area (Å²) in [6.07, 6.45) is 1.70. The quantitative estimate of drug-likeness (QED) is 0.374. The topological polar surface area (TPSA) is 74.0 Å². The number of carbonyl (C=O) groups excluding carboxylic acids is 1. The summed E-state index contributed by atoms with van der Waals surface area (Å²) in [5, 5.41) is 12.5. The van der Waals surface area contributed by atoms with E-state index in [4.69, 9.17) is 16.3 Å². The molecule has 2 aromatic heterocycles. The zero-order valence-corrected chi connectivity index (χ0v) is 19.9. The van der Waals surface area contributed by atoms with Crippen LogP contribution in [0.5, 0.6) is 5.75 Å². The fraction of sp³-hybridized carbons (Fsp3) is 0.174. The molecule has 32 heavy (non-hydrogen) atoms. The van der Waals surface area contributed by atoms with E-state index in [9.17, 15) is 4.79 Å². The number of aromatic nitrogens is 4. The first kappa shape index (κ1) is 22.1. The summed E-state index contributed by atoms with van der Waals surface area (Å²) < 4.78 is 9.92. The number of amides is 1. The largest absolute Gasteiger partial charge is 0.470 e. The van der Waals surface area contributed by atoms with Crippen molar-refractivity contribution >= 4 is 33.4 Å². The van der Waals surface area contributed by atoms with Gasteiger partial charge in [-0.2, -0.15) is 10.2 Å². The second-order valence-electron chi connectivity index (χ2n) is 7.17. The van der Waals surface area contributed by atoms with E-state index in [0.717, 1.165) is 27.1 Å². The summed E-state index contributed by atoms with van der Waals surface area (Å²) in [5.74, 6) is 0.375. The Morgan fingerprint density at radius 3 is 2.66 bits per heavy atom. The molecule has 0 bridgehead atoms. The number of ether oxygens (including phenoxy) is 1. The first-order valence-corrected chi connectivity index (χ1v) is 11.1. The number of hydrogen-bond acceptors (Lipinski definition) is 4. The van der Waals surface area contributed by atoms with Crippen LogP contribution in [0.25, 0.3) is 5.69 Å². The number of para-hydroxylation sites is 1. The van der Waals surface area contributed by atoms with Crippen molar-refractivity contribution in [2.45, 2.75) is 27.1 Å². The van der Waals surface area contributed by atoms with E-state index in [1.54, 1.807) is 35.1 Å². The van der Waals surface area contributed by atoms with E-state index < -0.39 is 0 Å². The minimum atomic E-state index is -0.261. The minimum absolute atomic E-state index is 0.162. The second kappa shape index (κ2) is 9.58. The first-order valence-electron chi connectivity index (χ1n) is 9.92. The molecule has 4 aromatic rings. The zero-order valence-electron chi connectivity index (χ0n) is 17.5. The van der Waals surface area contributed by atoms with Gasteiger partial charge in [0.2, 0.25) is 0 Å². The van der Waals surface area contributed by atoms with Gasteiger partial charge in [0.1, 0.15) is 11.4 Å². The van der Waals surface area contributed by atoms with Crippen LogP contribution in [0.2, 0.25) is 5.02 Å². The third kappa shape index (κ3) is 4.87. The van der Waals surface area contributed by atoms with E-state index in [-0.39, 0.29) is 12.6 Å². The van der Waals surface area contributed by atoms with Gasteiger partial charge in [-0.05, 0) is 66.2 Å². The van der Waals surface area contributed by atoms with E-state index in [1.165, 1.54) is 0 Å². The van der Waals surface area contributed by atoms with Crippen LogP contribution in [0.15, 0.2) is 65.3 Å². The van der Waals surface area contributed by atoms with Crippen molar-refractivity contribution in [3.05, 3.63) is 92.9 Å². The van der Waals surface area contributed by atoms with Gasteiger partial charge in [0.05, 0.1) is 15.9 Å². The Bertz CT molecular complexity index is 1250. The summed E-state index contributed by atoms with van der Waals surface area (Å²) in [4.78, 5) is 12.6. The molecule has 7 nitrogen and oxygen atoms in total. The summed E-state index contributed by atoms with van der Waals surface area (Å²) >= 11 is 9.36. The molecule has 1 amide bonds. The van der Waals surface area contributed by atoms with Crippen LogP contribution in [0, 0.1) is 13.8 Å². The standard InChI is InChI=1S/C23H21BrClN5O2/c1-15-19(16(2)30(27-15)18-6-4-3-5-7-18)13-26-23(31)21-10-11-29(28-21)14-32-22-9-8-17(25)12-20(22)24/h3-12H,13-14H2,1-2H3,(H,26,31). The third-order valence-electron chi connectivity index (χ3n) is 4.99. The molecule has 0 atom stereocenters. The van der Waals surface area contributed by atoms with Gasteiger partial charge in [-0.1, -0.05) is 29.8 Å². The molecule has 0 aliphatic carbocycles. The number of carbonyl (C=O) groups is 1. The number of benzene rings is 2. The Hall–Kier alpha value is -3.10. The third-order valence-corrected chi connectivity index (χ3v) is 5.84. The molecular weight excluding hydrogens is 494 g/mol. The number of rotatable bonds is 7. The van der Waals surface area contributed by atoms with Gasteiger partial charge < -0.3 is 10.1 Å². The summed E-state index contributed by atoms with van der Waals surface area (Å²) in [7, 11) is 0. The molecule has 0 aliphatic rings. The molecule has 0 saturated heterocycles. The van der Waals surface area contributed by atoms with Crippen molar-refractivity contribution in [1.29, 1.82) is 0 Å². The molecule has 0 fully saturated rings. The lowest BCUT2D eigenvalue weighted by molar-refractivity contribution is 0.0943. The Labute approximate surface area is 199 Å². The fourth-order valence-corrected chi connectivity index (χ4v) is 4.09. The molecule has 164 valence electrons. The van der Waals surface area contributed by atoms with Crippen LogP contribution < -0.4 is 10.1 Å². The molecule has 1 N–H and O–H groups in total. The van der Waals surface area contributed by atoms with Crippen LogP contribution in [0.1, 0.15) is 27.4 Å². The highest BCUT2D eigenvalue weighted by Crippen LogP contribution is 2.28. The lowest BCUT2D eigenvalue weighted by Crippen LogP contribution is -2.24. The molecule has 0 unspecified atom stereocenters. The molecule has 0 saturated carbocycles. The Balaban J connectivity index is 1.38. The predicted octanol–water partition coefficient (Wildman–Crippen LogP) is 5.07. The zero-order chi connectivity index (χ0) is 22.7. The molecular formula is C23H21BrClN5O2. The van der Waals surface area contributed by atoms with E-state index >= 15 is 0 Å². The highest BCUT2D eigenvalue weighted by Gasteiger charge is 2.15. The normalized spacial score (nSPS) is 10.9. The van der Waals surface area contributed by atoms with Crippen molar-refractivity contribution in [3.63, 3.8) is 0 Å². The number of halogens is 2. The van der Waals surface area contributed by atoms with Crippen LogP contribution >= 0.6 is 27.5 Å². The SMILES string of the molecule is Cc1nn(-c2ccccc2)c(C)c1CNC(=O)c1ccn(COc2ccc(Cl)cc2Br)n1. The van der Waals surface area contributed by atoms with Gasteiger partial charge in [0.25, 0.3) is 5.91 Å². The smallest absolute Gasteiger partial charge is 0.272 e. The van der Waals surface area contributed by atoms with E-state index in [1.807, 2.05) is 48.9 Å². The summed E-state index contributed by atoms with van der Waals surface area (Å²) in [6, 6.07) is 16.8. The Morgan fingerprint density at radius 2 is 1.91 bits per heavy atom. The second-order valence-corrected chi connectivity index (χ2v) is 8.46. The summed E-state index contributed by atoms with van der Waals surface area (Å²) in [5.41, 5.74) is 4.14. The first-order chi connectivity index (χ1) is 15.4. The predicted molar refractivity (Wildman–Crippen MR) is 126 cm³/mol. The van der Waals surface area contributed by atoms with Crippen LogP contribution in [-0.4, -0.2) is 25.5 Å². The molecule has 0 aliphatic heterocycles. The number of nitrogens with one attached hydrogen (secondary N) is 1. The van der Waals surface area contributed by atoms with Gasteiger partial charge in [-0.25, -0.2) is 9.36 Å². The monoisotopic (exact) mass is 513 g/mol. The van der Waals surface area contributed by atoms with Crippen molar-refractivity contribution in [2.24, 2.45) is 0 Å². The van der Waals surface area contributed by atoms with Crippen molar-refractivity contribution in [3.8, 4) is 11.4 Å². The maximum absolute atomic E-state index is 12.6. The Morgan fingerprint density at radius 1 is 1.12 bits per heavy atom. The van der Waals surface area contributed by atoms with Gasteiger partial charge in [0.15, 0.2) is 6.73 Å². The average Bonchev–Trinajstić information content (AvgIpc) is 3.37. The van der Waals surface area contributed by atoms with Crippen LogP contribution in [0.4, 0.5) is 0 Å². The summed E-state index contributed by atoms with van der Waals surface area (Å²) in [6.45, 7) is 4.46. The highest BCUT2D eigenvalue weighted by atomic mass is 79.9. The molecule has 2 aromatic carbocycles. The molecule has 2 heterocycles. The maximum Gasteiger partial charge on any atom is 0.272 e. The lowest BCUT2D eigenvalue weighted by Gasteiger charge is -2.08. The van der Waals surface area contributed by atoms with Crippen molar-refractivity contribution in [2.75, 3.05) is 0 Å². The Kier molecular flexibility index (Phi) is 6.62. The number of hydrogen-bond donors (Lipinski definition) is 1. The van der Waals surface area contributed by atoms with E-state index in [0.29, 0.717) is 23.0 Å².